The molecule has 0 heterocycles. The lowest BCUT2D eigenvalue weighted by molar-refractivity contribution is 0.0838. The maximum atomic E-state index is 9.28. The van der Waals surface area contributed by atoms with Gasteiger partial charge in [-0.05, 0) is 26.2 Å². The molecule has 0 aliphatic rings. The van der Waals surface area contributed by atoms with Crippen LogP contribution in [0.1, 0.15) is 34.1 Å². The fourth-order valence-electron chi connectivity index (χ4n) is 0.629. The Morgan fingerprint density at radius 1 is 1.40 bits per heavy atom. The van der Waals surface area contributed by atoms with Crippen molar-refractivity contribution in [2.24, 2.45) is 5.92 Å². The second-order valence-electron chi connectivity index (χ2n) is 3.69. The van der Waals surface area contributed by atoms with Gasteiger partial charge >= 0.3 is 0 Å². The van der Waals surface area contributed by atoms with Gasteiger partial charge in [0.1, 0.15) is 0 Å². The fraction of sp³-hybridized carbons (Fsp3) is 0.778. The van der Waals surface area contributed by atoms with Crippen LogP contribution in [-0.4, -0.2) is 10.7 Å². The van der Waals surface area contributed by atoms with Gasteiger partial charge in [-0.15, -0.1) is 0 Å². The highest BCUT2D eigenvalue weighted by atomic mass is 16.3. The Kier molecular flexibility index (Phi) is 3.66. The molecule has 0 saturated heterocycles. The molecule has 0 aromatic heterocycles. The van der Waals surface area contributed by atoms with E-state index >= 15 is 0 Å². The van der Waals surface area contributed by atoms with Crippen molar-refractivity contribution in [2.45, 2.75) is 39.7 Å². The number of aliphatic hydroxyl groups is 1. The molecule has 1 heteroatoms. The van der Waals surface area contributed by atoms with Crippen LogP contribution in [0.4, 0.5) is 0 Å². The molecule has 0 rings (SSSR count). The zero-order valence-corrected chi connectivity index (χ0v) is 7.39. The maximum absolute atomic E-state index is 9.28. The Morgan fingerprint density at radius 3 is 2.20 bits per heavy atom. The molecule has 0 bridgehead atoms. The summed E-state index contributed by atoms with van der Waals surface area (Å²) in [5.41, 5.74) is -0.550. The first-order chi connectivity index (χ1) is 4.42. The minimum Gasteiger partial charge on any atom is -0.390 e. The maximum Gasteiger partial charge on any atom is 0.0626 e. The van der Waals surface area contributed by atoms with Crippen LogP contribution in [0, 0.1) is 5.92 Å². The van der Waals surface area contributed by atoms with E-state index in [0.29, 0.717) is 5.92 Å². The minimum atomic E-state index is -0.550. The van der Waals surface area contributed by atoms with Crippen molar-refractivity contribution in [2.75, 3.05) is 0 Å². The minimum absolute atomic E-state index is 0.550. The van der Waals surface area contributed by atoms with Crippen LogP contribution >= 0.6 is 0 Å². The van der Waals surface area contributed by atoms with Gasteiger partial charge in [0, 0.05) is 0 Å². The van der Waals surface area contributed by atoms with Crippen molar-refractivity contribution >= 4 is 0 Å². The molecule has 0 aliphatic carbocycles. The SMILES string of the molecule is CC(C)C=CCC(C)(C)O. The predicted octanol–water partition coefficient (Wildman–Crippen LogP) is 2.36. The molecule has 0 radical (unpaired) electrons. The van der Waals surface area contributed by atoms with E-state index in [2.05, 4.69) is 19.9 Å². The average molecular weight is 142 g/mol. The monoisotopic (exact) mass is 142 g/mol. The second-order valence-corrected chi connectivity index (χ2v) is 3.69. The van der Waals surface area contributed by atoms with Gasteiger partial charge in [-0.25, -0.2) is 0 Å². The topological polar surface area (TPSA) is 20.2 Å². The van der Waals surface area contributed by atoms with Crippen molar-refractivity contribution in [3.8, 4) is 0 Å². The normalized spacial score (nSPS) is 13.4. The van der Waals surface area contributed by atoms with Gasteiger partial charge < -0.3 is 5.11 Å². The third kappa shape index (κ3) is 7.70. The molecule has 10 heavy (non-hydrogen) atoms. The third-order valence-electron chi connectivity index (χ3n) is 1.14. The van der Waals surface area contributed by atoms with Crippen molar-refractivity contribution in [3.63, 3.8) is 0 Å². The van der Waals surface area contributed by atoms with Gasteiger partial charge in [-0.3, -0.25) is 0 Å². The van der Waals surface area contributed by atoms with Crippen molar-refractivity contribution in [1.82, 2.24) is 0 Å². The summed E-state index contributed by atoms with van der Waals surface area (Å²) in [6.45, 7) is 7.89. The molecule has 0 atom stereocenters. The van der Waals surface area contributed by atoms with Gasteiger partial charge in [0.25, 0.3) is 0 Å². The number of hydrogen-bond acceptors (Lipinski definition) is 1. The largest absolute Gasteiger partial charge is 0.390 e. The molecule has 0 amide bonds. The summed E-state index contributed by atoms with van der Waals surface area (Å²) in [4.78, 5) is 0. The Balaban J connectivity index is 3.54. The molecule has 0 saturated carbocycles. The van der Waals surface area contributed by atoms with Crippen molar-refractivity contribution in [3.05, 3.63) is 12.2 Å². The number of allylic oxidation sites excluding steroid dienone is 1. The summed E-state index contributed by atoms with van der Waals surface area (Å²) in [5, 5.41) is 9.28. The summed E-state index contributed by atoms with van der Waals surface area (Å²) in [7, 11) is 0. The highest BCUT2D eigenvalue weighted by Crippen LogP contribution is 2.08. The standard InChI is InChI=1S/C9H18O/c1-8(2)6-5-7-9(3,4)10/h5-6,8,10H,7H2,1-4H3. The molecule has 0 aliphatic heterocycles. The molecular formula is C9H18O. The molecule has 60 valence electrons. The van der Waals surface area contributed by atoms with Gasteiger partial charge in [0.2, 0.25) is 0 Å². The lowest BCUT2D eigenvalue weighted by atomic mass is 10.0. The highest BCUT2D eigenvalue weighted by molar-refractivity contribution is 4.89. The van der Waals surface area contributed by atoms with Gasteiger partial charge in [0.05, 0.1) is 5.60 Å². The first-order valence-electron chi connectivity index (χ1n) is 3.81. The van der Waals surface area contributed by atoms with E-state index in [0.717, 1.165) is 6.42 Å². The first-order valence-corrected chi connectivity index (χ1v) is 3.81. The molecule has 1 nitrogen and oxygen atoms in total. The van der Waals surface area contributed by atoms with Gasteiger partial charge in [-0.1, -0.05) is 26.0 Å². The summed E-state index contributed by atoms with van der Waals surface area (Å²) < 4.78 is 0. The van der Waals surface area contributed by atoms with Crippen LogP contribution in [0.25, 0.3) is 0 Å². The second kappa shape index (κ2) is 3.77. The third-order valence-corrected chi connectivity index (χ3v) is 1.14. The van der Waals surface area contributed by atoms with Gasteiger partial charge in [0.15, 0.2) is 0 Å². The molecule has 0 fully saturated rings. The van der Waals surface area contributed by atoms with E-state index in [9.17, 15) is 5.11 Å². The van der Waals surface area contributed by atoms with Crippen molar-refractivity contribution in [1.29, 1.82) is 0 Å². The van der Waals surface area contributed by atoms with Crippen LogP contribution < -0.4 is 0 Å². The Labute approximate surface area is 63.8 Å². The van der Waals surface area contributed by atoms with E-state index in [4.69, 9.17) is 0 Å². The van der Waals surface area contributed by atoms with Crippen LogP contribution in [0.5, 0.6) is 0 Å². The van der Waals surface area contributed by atoms with Gasteiger partial charge in [-0.2, -0.15) is 0 Å². The lowest BCUT2D eigenvalue weighted by Crippen LogP contribution is -2.16. The van der Waals surface area contributed by atoms with Crippen LogP contribution in [-0.2, 0) is 0 Å². The van der Waals surface area contributed by atoms with E-state index in [1.165, 1.54) is 0 Å². The van der Waals surface area contributed by atoms with E-state index in [1.54, 1.807) is 0 Å². The fourth-order valence-corrected chi connectivity index (χ4v) is 0.629. The van der Waals surface area contributed by atoms with E-state index in [-0.39, 0.29) is 0 Å². The molecule has 0 aromatic carbocycles. The lowest BCUT2D eigenvalue weighted by Gasteiger charge is -2.13. The highest BCUT2D eigenvalue weighted by Gasteiger charge is 2.08. The first kappa shape index (κ1) is 9.70. The summed E-state index contributed by atoms with van der Waals surface area (Å²) in [5.74, 6) is 0.586. The van der Waals surface area contributed by atoms with Crippen molar-refractivity contribution < 1.29 is 5.11 Å². The Morgan fingerprint density at radius 2 is 1.90 bits per heavy atom. The zero-order valence-electron chi connectivity index (χ0n) is 7.39. The number of hydrogen-bond donors (Lipinski definition) is 1. The molecule has 0 spiro atoms. The van der Waals surface area contributed by atoms with Crippen LogP contribution in [0.2, 0.25) is 0 Å². The summed E-state index contributed by atoms with van der Waals surface area (Å²) in [6.07, 6.45) is 4.88. The van der Waals surface area contributed by atoms with E-state index in [1.807, 2.05) is 19.9 Å². The quantitative estimate of drug-likeness (QED) is 0.600. The number of rotatable bonds is 3. The molecular weight excluding hydrogens is 124 g/mol. The van der Waals surface area contributed by atoms with Crippen LogP contribution in [0.15, 0.2) is 12.2 Å². The Hall–Kier alpha value is -0.300. The zero-order chi connectivity index (χ0) is 8.20. The smallest absolute Gasteiger partial charge is 0.0626 e. The summed E-state index contributed by atoms with van der Waals surface area (Å²) >= 11 is 0. The van der Waals surface area contributed by atoms with Crippen LogP contribution in [0.3, 0.4) is 0 Å². The molecule has 1 N–H and O–H groups in total. The Bertz CT molecular complexity index is 106. The predicted molar refractivity (Wildman–Crippen MR) is 44.9 cm³/mol. The average Bonchev–Trinajstić information content (AvgIpc) is 1.59. The summed E-state index contributed by atoms with van der Waals surface area (Å²) in [6, 6.07) is 0. The van der Waals surface area contributed by atoms with E-state index < -0.39 is 5.60 Å². The molecule has 0 aromatic rings. The molecule has 0 unspecified atom stereocenters.